The van der Waals surface area contributed by atoms with Gasteiger partial charge in [-0.25, -0.2) is 9.97 Å². The summed E-state index contributed by atoms with van der Waals surface area (Å²) in [4.78, 5) is 20.2. The summed E-state index contributed by atoms with van der Waals surface area (Å²) in [6, 6.07) is 11.1. The SMILES string of the molecule is Cc1cc(C(=O)NCCc2nc(-c3ccccc3)oc2C)cnc1F. The Morgan fingerprint density at radius 2 is 2.00 bits per heavy atom. The van der Waals surface area contributed by atoms with E-state index in [0.29, 0.717) is 30.0 Å². The summed E-state index contributed by atoms with van der Waals surface area (Å²) in [5.74, 6) is 0.438. The first-order valence-corrected chi connectivity index (χ1v) is 7.96. The number of nitrogens with one attached hydrogen (secondary N) is 1. The lowest BCUT2D eigenvalue weighted by Gasteiger charge is -2.05. The highest BCUT2D eigenvalue weighted by Crippen LogP contribution is 2.21. The minimum Gasteiger partial charge on any atom is -0.441 e. The molecule has 128 valence electrons. The van der Waals surface area contributed by atoms with Crippen molar-refractivity contribution in [2.45, 2.75) is 20.3 Å². The molecule has 0 spiro atoms. The molecule has 0 aliphatic carbocycles. The van der Waals surface area contributed by atoms with E-state index in [-0.39, 0.29) is 5.91 Å². The molecule has 0 bridgehead atoms. The first-order valence-electron chi connectivity index (χ1n) is 7.96. The molecular formula is C19H18FN3O2. The van der Waals surface area contributed by atoms with E-state index in [1.54, 1.807) is 6.92 Å². The smallest absolute Gasteiger partial charge is 0.252 e. The lowest BCUT2D eigenvalue weighted by atomic mass is 10.2. The van der Waals surface area contributed by atoms with Crippen molar-refractivity contribution in [1.82, 2.24) is 15.3 Å². The highest BCUT2D eigenvalue weighted by molar-refractivity contribution is 5.94. The van der Waals surface area contributed by atoms with Gasteiger partial charge in [0.1, 0.15) is 5.76 Å². The number of oxazole rings is 1. The van der Waals surface area contributed by atoms with Gasteiger partial charge in [-0.05, 0) is 32.0 Å². The van der Waals surface area contributed by atoms with Crippen molar-refractivity contribution in [2.24, 2.45) is 0 Å². The molecule has 0 aliphatic heterocycles. The van der Waals surface area contributed by atoms with Crippen LogP contribution < -0.4 is 5.32 Å². The highest BCUT2D eigenvalue weighted by Gasteiger charge is 2.12. The second kappa shape index (κ2) is 7.25. The van der Waals surface area contributed by atoms with Gasteiger partial charge in [-0.3, -0.25) is 4.79 Å². The normalized spacial score (nSPS) is 10.7. The Balaban J connectivity index is 1.61. The summed E-state index contributed by atoms with van der Waals surface area (Å²) in [5.41, 5.74) is 2.38. The molecule has 0 atom stereocenters. The zero-order valence-electron chi connectivity index (χ0n) is 14.0. The number of nitrogens with zero attached hydrogens (tertiary/aromatic N) is 2. The van der Waals surface area contributed by atoms with Gasteiger partial charge in [-0.2, -0.15) is 4.39 Å². The molecule has 6 heteroatoms. The predicted octanol–water partition coefficient (Wildman–Crippen LogP) is 3.47. The summed E-state index contributed by atoms with van der Waals surface area (Å²) in [5, 5.41) is 2.79. The number of pyridine rings is 1. The number of hydrogen-bond acceptors (Lipinski definition) is 4. The molecule has 5 nitrogen and oxygen atoms in total. The minimum absolute atomic E-state index is 0.292. The van der Waals surface area contributed by atoms with Crippen LogP contribution in [-0.4, -0.2) is 22.4 Å². The minimum atomic E-state index is -0.566. The Bertz CT molecular complexity index is 891. The molecule has 1 aromatic carbocycles. The lowest BCUT2D eigenvalue weighted by molar-refractivity contribution is 0.0953. The summed E-state index contributed by atoms with van der Waals surface area (Å²) in [6.45, 7) is 3.82. The van der Waals surface area contributed by atoms with E-state index >= 15 is 0 Å². The molecule has 3 rings (SSSR count). The Kier molecular flexibility index (Phi) is 4.88. The second-order valence-electron chi connectivity index (χ2n) is 5.73. The van der Waals surface area contributed by atoms with Crippen molar-refractivity contribution in [3.63, 3.8) is 0 Å². The third-order valence-corrected chi connectivity index (χ3v) is 3.84. The van der Waals surface area contributed by atoms with Crippen LogP contribution in [0.2, 0.25) is 0 Å². The van der Waals surface area contributed by atoms with Crippen molar-refractivity contribution < 1.29 is 13.6 Å². The maximum atomic E-state index is 13.2. The van der Waals surface area contributed by atoms with Gasteiger partial charge in [-0.1, -0.05) is 18.2 Å². The Morgan fingerprint density at radius 3 is 2.72 bits per heavy atom. The van der Waals surface area contributed by atoms with Crippen LogP contribution in [0.3, 0.4) is 0 Å². The number of carbonyl (C=O) groups excluding carboxylic acids is 1. The van der Waals surface area contributed by atoms with Crippen molar-refractivity contribution in [2.75, 3.05) is 6.54 Å². The van der Waals surface area contributed by atoms with E-state index in [4.69, 9.17) is 4.42 Å². The molecule has 0 unspecified atom stereocenters. The molecule has 0 fully saturated rings. The van der Waals surface area contributed by atoms with E-state index in [2.05, 4.69) is 15.3 Å². The number of carbonyl (C=O) groups is 1. The van der Waals surface area contributed by atoms with Crippen LogP contribution in [0.25, 0.3) is 11.5 Å². The van der Waals surface area contributed by atoms with Crippen LogP contribution in [0, 0.1) is 19.8 Å². The monoisotopic (exact) mass is 339 g/mol. The number of amides is 1. The van der Waals surface area contributed by atoms with Crippen LogP contribution in [0.15, 0.2) is 47.0 Å². The van der Waals surface area contributed by atoms with E-state index in [9.17, 15) is 9.18 Å². The van der Waals surface area contributed by atoms with Crippen LogP contribution in [0.5, 0.6) is 0 Å². The number of hydrogen-bond donors (Lipinski definition) is 1. The van der Waals surface area contributed by atoms with Gasteiger partial charge < -0.3 is 9.73 Å². The standard InChI is InChI=1S/C19H18FN3O2/c1-12-10-15(11-22-17(12)20)18(24)21-9-8-16-13(2)25-19(23-16)14-6-4-3-5-7-14/h3-7,10-11H,8-9H2,1-2H3,(H,21,24). The fraction of sp³-hybridized carbons (Fsp3) is 0.211. The second-order valence-corrected chi connectivity index (χ2v) is 5.73. The summed E-state index contributed by atoms with van der Waals surface area (Å²) >= 11 is 0. The quantitative estimate of drug-likeness (QED) is 0.723. The number of halogens is 1. The molecule has 2 aromatic heterocycles. The average Bonchev–Trinajstić information content (AvgIpc) is 2.99. The Labute approximate surface area is 144 Å². The van der Waals surface area contributed by atoms with Gasteiger partial charge in [0.2, 0.25) is 11.8 Å². The van der Waals surface area contributed by atoms with Crippen molar-refractivity contribution >= 4 is 5.91 Å². The van der Waals surface area contributed by atoms with Gasteiger partial charge in [0.05, 0.1) is 11.3 Å². The highest BCUT2D eigenvalue weighted by atomic mass is 19.1. The molecule has 3 aromatic rings. The van der Waals surface area contributed by atoms with E-state index < -0.39 is 5.95 Å². The number of aryl methyl sites for hydroxylation is 2. The molecule has 0 radical (unpaired) electrons. The topological polar surface area (TPSA) is 68.0 Å². The average molecular weight is 339 g/mol. The fourth-order valence-corrected chi connectivity index (χ4v) is 2.44. The van der Waals surface area contributed by atoms with Crippen LogP contribution >= 0.6 is 0 Å². The van der Waals surface area contributed by atoms with Gasteiger partial charge in [-0.15, -0.1) is 0 Å². The predicted molar refractivity (Wildman–Crippen MR) is 91.6 cm³/mol. The van der Waals surface area contributed by atoms with E-state index in [0.717, 1.165) is 17.0 Å². The first-order chi connectivity index (χ1) is 12.0. The lowest BCUT2D eigenvalue weighted by Crippen LogP contribution is -2.26. The molecule has 1 N–H and O–H groups in total. The van der Waals surface area contributed by atoms with Gasteiger partial charge >= 0.3 is 0 Å². The molecule has 25 heavy (non-hydrogen) atoms. The summed E-state index contributed by atoms with van der Waals surface area (Å²) < 4.78 is 18.9. The molecule has 0 saturated heterocycles. The summed E-state index contributed by atoms with van der Waals surface area (Å²) in [7, 11) is 0. The van der Waals surface area contributed by atoms with E-state index in [1.165, 1.54) is 12.3 Å². The van der Waals surface area contributed by atoms with Crippen molar-refractivity contribution in [3.8, 4) is 11.5 Å². The maximum absolute atomic E-state index is 13.2. The first kappa shape index (κ1) is 16.8. The molecule has 0 saturated carbocycles. The van der Waals surface area contributed by atoms with Crippen LogP contribution in [0.1, 0.15) is 27.4 Å². The number of benzene rings is 1. The fourth-order valence-electron chi connectivity index (χ4n) is 2.44. The van der Waals surface area contributed by atoms with Gasteiger partial charge in [0.25, 0.3) is 5.91 Å². The van der Waals surface area contributed by atoms with Gasteiger partial charge in [0, 0.05) is 30.3 Å². The maximum Gasteiger partial charge on any atom is 0.252 e. The molecular weight excluding hydrogens is 321 g/mol. The third-order valence-electron chi connectivity index (χ3n) is 3.84. The molecule has 1 amide bonds. The zero-order valence-corrected chi connectivity index (χ0v) is 14.0. The number of aromatic nitrogens is 2. The summed E-state index contributed by atoms with van der Waals surface area (Å²) in [6.07, 6.45) is 1.77. The van der Waals surface area contributed by atoms with Crippen LogP contribution in [0.4, 0.5) is 4.39 Å². The van der Waals surface area contributed by atoms with Crippen molar-refractivity contribution in [3.05, 3.63) is 71.1 Å². The molecule has 0 aliphatic rings. The van der Waals surface area contributed by atoms with Crippen molar-refractivity contribution in [1.29, 1.82) is 0 Å². The van der Waals surface area contributed by atoms with E-state index in [1.807, 2.05) is 37.3 Å². The van der Waals surface area contributed by atoms with Crippen LogP contribution in [-0.2, 0) is 6.42 Å². The molecule has 2 heterocycles. The Hall–Kier alpha value is -3.02. The largest absolute Gasteiger partial charge is 0.441 e. The van der Waals surface area contributed by atoms with Gasteiger partial charge in [0.15, 0.2) is 0 Å². The number of rotatable bonds is 5. The Morgan fingerprint density at radius 1 is 1.24 bits per heavy atom. The zero-order chi connectivity index (χ0) is 17.8. The third kappa shape index (κ3) is 3.91.